The van der Waals surface area contributed by atoms with E-state index in [-0.39, 0.29) is 0 Å². The first-order valence-corrected chi connectivity index (χ1v) is 19.0. The highest BCUT2D eigenvalue weighted by molar-refractivity contribution is 6.29. The van der Waals surface area contributed by atoms with Gasteiger partial charge in [-0.15, -0.1) is 0 Å². The summed E-state index contributed by atoms with van der Waals surface area (Å²) in [5, 5.41) is 10.1. The van der Waals surface area contributed by atoms with Crippen molar-refractivity contribution in [3.63, 3.8) is 0 Å². The van der Waals surface area contributed by atoms with Crippen LogP contribution in [0.25, 0.3) is 110 Å². The summed E-state index contributed by atoms with van der Waals surface area (Å²) in [4.78, 5) is 3.84. The van der Waals surface area contributed by atoms with Gasteiger partial charge in [-0.05, 0) is 88.5 Å². The van der Waals surface area contributed by atoms with E-state index in [9.17, 15) is 0 Å². The SMILES string of the molecule is c1ccc(-c2ccccc2-c2ccccc2-c2cccc(-c3cccc4c3[nH]c3ccccc34)c2-c2cccc3c4ccccc4c4ccccc4c23)cc1. The van der Waals surface area contributed by atoms with Gasteiger partial charge in [0.15, 0.2) is 0 Å². The minimum atomic E-state index is 1.15. The van der Waals surface area contributed by atoms with Crippen LogP contribution < -0.4 is 0 Å². The maximum atomic E-state index is 3.84. The highest BCUT2D eigenvalue weighted by atomic mass is 14.7. The lowest BCUT2D eigenvalue weighted by Crippen LogP contribution is -1.95. The number of benzene rings is 10. The van der Waals surface area contributed by atoms with Gasteiger partial charge >= 0.3 is 0 Å². The van der Waals surface area contributed by atoms with Gasteiger partial charge in [0, 0.05) is 21.9 Å². The molecular weight excluding hydrogens is 663 g/mol. The molecule has 0 aliphatic carbocycles. The Bertz CT molecular complexity index is 3210. The quantitative estimate of drug-likeness (QED) is 0.172. The summed E-state index contributed by atoms with van der Waals surface area (Å²) in [6.07, 6.45) is 0. The molecule has 1 aromatic heterocycles. The van der Waals surface area contributed by atoms with Crippen LogP contribution in [0.2, 0.25) is 0 Å². The Morgan fingerprint density at radius 1 is 0.236 bits per heavy atom. The second kappa shape index (κ2) is 12.7. The zero-order valence-electron chi connectivity index (χ0n) is 30.1. The standard InChI is InChI=1S/C54H35N/c1-2-17-35(18-3-1)36-19-4-5-20-37(36)38-21-6-8-23-40(38)46-28-14-30-47(49-32-16-31-48-43-26-12-13-34-51(43)55-54(48)49)53(46)50-33-15-29-45-42-24-9-7-22-39(42)41-25-10-11-27-44(41)52(45)50/h1-34,55H. The molecule has 11 rings (SSSR count). The van der Waals surface area contributed by atoms with Crippen LogP contribution in [0.5, 0.6) is 0 Å². The topological polar surface area (TPSA) is 15.8 Å². The van der Waals surface area contributed by atoms with E-state index in [0.717, 1.165) is 11.0 Å². The number of H-pyrrole nitrogens is 1. The molecule has 10 aromatic carbocycles. The molecule has 0 radical (unpaired) electrons. The molecule has 0 spiro atoms. The molecule has 0 fully saturated rings. The average Bonchev–Trinajstić information content (AvgIpc) is 3.65. The van der Waals surface area contributed by atoms with Crippen LogP contribution in [-0.2, 0) is 0 Å². The molecule has 0 aliphatic heterocycles. The summed E-state index contributed by atoms with van der Waals surface area (Å²) < 4.78 is 0. The number of fused-ring (bicyclic) bond motifs is 9. The molecule has 55 heavy (non-hydrogen) atoms. The highest BCUT2D eigenvalue weighted by Gasteiger charge is 2.23. The van der Waals surface area contributed by atoms with E-state index in [4.69, 9.17) is 0 Å². The van der Waals surface area contributed by atoms with Crippen molar-refractivity contribution in [3.8, 4) is 55.6 Å². The average molecular weight is 698 g/mol. The Morgan fingerprint density at radius 3 is 1.33 bits per heavy atom. The molecule has 1 nitrogen and oxygen atoms in total. The van der Waals surface area contributed by atoms with Gasteiger partial charge in [0.2, 0.25) is 0 Å². The number of nitrogens with one attached hydrogen (secondary N) is 1. The smallest absolute Gasteiger partial charge is 0.0544 e. The molecule has 0 atom stereocenters. The molecule has 11 aromatic rings. The summed E-state index contributed by atoms with van der Waals surface area (Å²) in [7, 11) is 0. The molecule has 0 bridgehead atoms. The van der Waals surface area contributed by atoms with Crippen LogP contribution in [0.1, 0.15) is 0 Å². The van der Waals surface area contributed by atoms with Gasteiger partial charge in [-0.2, -0.15) is 0 Å². The summed E-state index contributed by atoms with van der Waals surface area (Å²) in [5.74, 6) is 0. The molecular formula is C54H35N. The van der Waals surface area contributed by atoms with Gasteiger partial charge in [0.1, 0.15) is 0 Å². The van der Waals surface area contributed by atoms with Crippen molar-refractivity contribution in [2.75, 3.05) is 0 Å². The van der Waals surface area contributed by atoms with Crippen LogP contribution in [0.15, 0.2) is 206 Å². The second-order valence-corrected chi connectivity index (χ2v) is 14.4. The minimum absolute atomic E-state index is 1.15. The van der Waals surface area contributed by atoms with Crippen molar-refractivity contribution in [2.45, 2.75) is 0 Å². The van der Waals surface area contributed by atoms with Gasteiger partial charge in [-0.25, -0.2) is 0 Å². The molecule has 1 heteroatoms. The first-order valence-electron chi connectivity index (χ1n) is 19.0. The molecule has 0 unspecified atom stereocenters. The minimum Gasteiger partial charge on any atom is -0.354 e. The van der Waals surface area contributed by atoms with Crippen molar-refractivity contribution in [1.82, 2.24) is 4.98 Å². The third-order valence-corrected chi connectivity index (χ3v) is 11.5. The molecule has 256 valence electrons. The van der Waals surface area contributed by atoms with Crippen LogP contribution in [0, 0.1) is 0 Å². The summed E-state index contributed by atoms with van der Waals surface area (Å²) in [6, 6.07) is 75.5. The molecule has 1 heterocycles. The van der Waals surface area contributed by atoms with Crippen LogP contribution in [-0.4, -0.2) is 4.98 Å². The van der Waals surface area contributed by atoms with E-state index in [1.54, 1.807) is 0 Å². The van der Waals surface area contributed by atoms with E-state index in [2.05, 4.69) is 211 Å². The molecule has 0 saturated carbocycles. The number of hydrogen-bond acceptors (Lipinski definition) is 0. The lowest BCUT2D eigenvalue weighted by atomic mass is 9.81. The zero-order valence-corrected chi connectivity index (χ0v) is 30.1. The predicted molar refractivity (Wildman–Crippen MR) is 236 cm³/mol. The van der Waals surface area contributed by atoms with Crippen molar-refractivity contribution >= 4 is 54.1 Å². The predicted octanol–water partition coefficient (Wildman–Crippen LogP) is 15.1. The maximum Gasteiger partial charge on any atom is 0.0544 e. The molecule has 0 amide bonds. The monoisotopic (exact) mass is 697 g/mol. The van der Waals surface area contributed by atoms with Gasteiger partial charge < -0.3 is 4.98 Å². The maximum absolute atomic E-state index is 3.84. The Kier molecular flexibility index (Phi) is 7.25. The molecule has 1 N–H and O–H groups in total. The van der Waals surface area contributed by atoms with Gasteiger partial charge in [0.25, 0.3) is 0 Å². The highest BCUT2D eigenvalue weighted by Crippen LogP contribution is 2.49. The Hall–Kier alpha value is -7.22. The number of aromatic amines is 1. The van der Waals surface area contributed by atoms with Gasteiger partial charge in [0.05, 0.1) is 5.52 Å². The van der Waals surface area contributed by atoms with Crippen LogP contribution in [0.3, 0.4) is 0 Å². The zero-order chi connectivity index (χ0) is 36.3. The van der Waals surface area contributed by atoms with Crippen molar-refractivity contribution in [3.05, 3.63) is 206 Å². The Balaban J connectivity index is 1.29. The third-order valence-electron chi connectivity index (χ3n) is 11.5. The summed E-state index contributed by atoms with van der Waals surface area (Å²) >= 11 is 0. The van der Waals surface area contributed by atoms with Gasteiger partial charge in [-0.3, -0.25) is 0 Å². The van der Waals surface area contributed by atoms with Crippen LogP contribution >= 0.6 is 0 Å². The molecule has 0 saturated heterocycles. The van der Waals surface area contributed by atoms with E-state index >= 15 is 0 Å². The van der Waals surface area contributed by atoms with Gasteiger partial charge in [-0.1, -0.05) is 200 Å². The first-order chi connectivity index (χ1) is 27.3. The number of rotatable bonds is 5. The normalized spacial score (nSPS) is 11.6. The van der Waals surface area contributed by atoms with E-state index < -0.39 is 0 Å². The second-order valence-electron chi connectivity index (χ2n) is 14.4. The fourth-order valence-corrected chi connectivity index (χ4v) is 9.09. The third kappa shape index (κ3) is 4.94. The van der Waals surface area contributed by atoms with Crippen LogP contribution in [0.4, 0.5) is 0 Å². The number of hydrogen-bond donors (Lipinski definition) is 1. The summed E-state index contributed by atoms with van der Waals surface area (Å²) in [5.41, 5.74) is 14.4. The molecule has 0 aliphatic rings. The van der Waals surface area contributed by atoms with E-state index in [1.165, 1.54) is 98.7 Å². The van der Waals surface area contributed by atoms with Crippen molar-refractivity contribution in [2.24, 2.45) is 0 Å². The fraction of sp³-hybridized carbons (Fsp3) is 0. The lowest BCUT2D eigenvalue weighted by molar-refractivity contribution is 1.52. The van der Waals surface area contributed by atoms with E-state index in [1.807, 2.05) is 0 Å². The largest absolute Gasteiger partial charge is 0.354 e. The lowest BCUT2D eigenvalue weighted by Gasteiger charge is -2.22. The summed E-state index contributed by atoms with van der Waals surface area (Å²) in [6.45, 7) is 0. The van der Waals surface area contributed by atoms with Crippen molar-refractivity contribution < 1.29 is 0 Å². The number of aromatic nitrogens is 1. The Morgan fingerprint density at radius 2 is 0.636 bits per heavy atom. The Labute approximate surface area is 319 Å². The first kappa shape index (κ1) is 31.3. The number of para-hydroxylation sites is 2. The van der Waals surface area contributed by atoms with E-state index in [0.29, 0.717) is 0 Å². The fourth-order valence-electron chi connectivity index (χ4n) is 9.09. The van der Waals surface area contributed by atoms with Crippen molar-refractivity contribution in [1.29, 1.82) is 0 Å².